The molecule has 0 unspecified atom stereocenters. The first-order valence-corrected chi connectivity index (χ1v) is 16.2. The predicted octanol–water partition coefficient (Wildman–Crippen LogP) is 4.04. The van der Waals surface area contributed by atoms with E-state index in [1.165, 1.54) is 16.4 Å². The van der Waals surface area contributed by atoms with Gasteiger partial charge in [0.25, 0.3) is 0 Å². The van der Waals surface area contributed by atoms with Crippen LogP contribution >= 0.6 is 0 Å². The van der Waals surface area contributed by atoms with Crippen molar-refractivity contribution in [1.29, 1.82) is 0 Å². The van der Waals surface area contributed by atoms with Gasteiger partial charge < -0.3 is 26.0 Å². The molecule has 3 aromatic rings. The fraction of sp³-hybridized carbons (Fsp3) is 0.438. The second-order valence-electron chi connectivity index (χ2n) is 10.6. The standard InChI is InChI=1S/C32H43N3O7S/c1-3-19-35(43(41,42)28-17-15-23(21-36)16-18-28)27(22-37)13-8-12-26(4-2)33-31(38)30(34-32(39)40)20-25-11-7-10-24-9-5-6-14-29(24)25/h5-7,9-11,14-18,26-27,30,34,36-37H,3-4,8,12-13,19-22H2,1-2H3,(H,33,38)(H,39,40)/t26-,27-,30-/m0/s1. The fourth-order valence-electron chi connectivity index (χ4n) is 5.28. The van der Waals surface area contributed by atoms with Crippen molar-refractivity contribution in [2.45, 2.75) is 82.0 Å². The molecule has 0 radical (unpaired) electrons. The van der Waals surface area contributed by atoms with Gasteiger partial charge in [-0.3, -0.25) is 4.79 Å². The van der Waals surface area contributed by atoms with E-state index in [-0.39, 0.29) is 37.1 Å². The molecule has 0 aliphatic rings. The number of fused-ring (bicyclic) bond motifs is 1. The van der Waals surface area contributed by atoms with Crippen LogP contribution in [0.15, 0.2) is 71.6 Å². The van der Waals surface area contributed by atoms with E-state index in [0.717, 1.165) is 16.3 Å². The number of carbonyl (C=O) groups is 2. The topological polar surface area (TPSA) is 156 Å². The van der Waals surface area contributed by atoms with Crippen LogP contribution in [0.25, 0.3) is 10.8 Å². The summed E-state index contributed by atoms with van der Waals surface area (Å²) in [6, 6.07) is 17.6. The van der Waals surface area contributed by atoms with E-state index in [9.17, 15) is 33.3 Å². The molecular formula is C32H43N3O7S. The number of sulfonamides is 1. The minimum atomic E-state index is -3.88. The first-order valence-electron chi connectivity index (χ1n) is 14.7. The molecule has 10 nitrogen and oxygen atoms in total. The molecule has 2 amide bonds. The number of carboxylic acid groups (broad SMARTS) is 1. The summed E-state index contributed by atoms with van der Waals surface area (Å²) in [6.45, 7) is 3.48. The normalized spacial score (nSPS) is 13.9. The summed E-state index contributed by atoms with van der Waals surface area (Å²) < 4.78 is 28.2. The van der Waals surface area contributed by atoms with E-state index in [0.29, 0.717) is 37.7 Å². The van der Waals surface area contributed by atoms with Gasteiger partial charge in [-0.05, 0) is 66.1 Å². The Hall–Kier alpha value is -3.51. The van der Waals surface area contributed by atoms with Gasteiger partial charge in [0, 0.05) is 25.0 Å². The van der Waals surface area contributed by atoms with Crippen LogP contribution in [0, 0.1) is 0 Å². The molecule has 11 heteroatoms. The van der Waals surface area contributed by atoms with Gasteiger partial charge in [0.05, 0.1) is 18.1 Å². The predicted molar refractivity (Wildman–Crippen MR) is 166 cm³/mol. The second kappa shape index (κ2) is 16.4. The Morgan fingerprint density at radius 2 is 1.60 bits per heavy atom. The summed E-state index contributed by atoms with van der Waals surface area (Å²) >= 11 is 0. The smallest absolute Gasteiger partial charge is 0.405 e. The van der Waals surface area contributed by atoms with Crippen LogP contribution in [0.4, 0.5) is 4.79 Å². The monoisotopic (exact) mass is 613 g/mol. The number of hydrogen-bond donors (Lipinski definition) is 5. The summed E-state index contributed by atoms with van der Waals surface area (Å²) in [6.07, 6.45) is 1.49. The maximum absolute atomic E-state index is 13.5. The van der Waals surface area contributed by atoms with Gasteiger partial charge in [-0.1, -0.05) is 68.4 Å². The zero-order valence-electron chi connectivity index (χ0n) is 24.8. The van der Waals surface area contributed by atoms with Gasteiger partial charge in [0.15, 0.2) is 0 Å². The molecule has 3 rings (SSSR count). The summed E-state index contributed by atoms with van der Waals surface area (Å²) in [5.74, 6) is -0.428. The molecule has 0 aromatic heterocycles. The largest absolute Gasteiger partial charge is 0.465 e. The Morgan fingerprint density at radius 1 is 0.907 bits per heavy atom. The van der Waals surface area contributed by atoms with Crippen molar-refractivity contribution in [3.05, 3.63) is 77.9 Å². The molecule has 0 fully saturated rings. The van der Waals surface area contributed by atoms with Crippen molar-refractivity contribution < 1.29 is 33.3 Å². The molecule has 0 aliphatic heterocycles. The average Bonchev–Trinajstić information content (AvgIpc) is 3.01. The summed E-state index contributed by atoms with van der Waals surface area (Å²) in [5, 5.41) is 36.2. The third-order valence-corrected chi connectivity index (χ3v) is 9.59. The van der Waals surface area contributed by atoms with Gasteiger partial charge in [0.1, 0.15) is 6.04 Å². The maximum atomic E-state index is 13.5. The number of aliphatic hydroxyl groups is 2. The number of hydrogen-bond acceptors (Lipinski definition) is 6. The van der Waals surface area contributed by atoms with Crippen LogP contribution in [0.3, 0.4) is 0 Å². The average molecular weight is 614 g/mol. The van der Waals surface area contributed by atoms with E-state index in [4.69, 9.17) is 0 Å². The lowest BCUT2D eigenvalue weighted by Gasteiger charge is -2.30. The molecule has 0 saturated carbocycles. The quantitative estimate of drug-likeness (QED) is 0.154. The van der Waals surface area contributed by atoms with Gasteiger partial charge in [0.2, 0.25) is 15.9 Å². The molecule has 5 N–H and O–H groups in total. The Labute approximate surface area is 253 Å². The molecule has 0 heterocycles. The number of nitrogens with zero attached hydrogens (tertiary/aromatic N) is 1. The fourth-order valence-corrected chi connectivity index (χ4v) is 7.02. The Balaban J connectivity index is 1.67. The van der Waals surface area contributed by atoms with E-state index < -0.39 is 34.1 Å². The second-order valence-corrected chi connectivity index (χ2v) is 12.5. The molecule has 0 bridgehead atoms. The van der Waals surface area contributed by atoms with Crippen molar-refractivity contribution in [1.82, 2.24) is 14.9 Å². The number of amides is 2. The number of aliphatic hydroxyl groups excluding tert-OH is 2. The van der Waals surface area contributed by atoms with Crippen molar-refractivity contribution >= 4 is 32.8 Å². The molecule has 43 heavy (non-hydrogen) atoms. The molecular weight excluding hydrogens is 570 g/mol. The van der Waals surface area contributed by atoms with Crippen molar-refractivity contribution in [2.24, 2.45) is 0 Å². The van der Waals surface area contributed by atoms with E-state index >= 15 is 0 Å². The van der Waals surface area contributed by atoms with Gasteiger partial charge in [-0.15, -0.1) is 0 Å². The summed E-state index contributed by atoms with van der Waals surface area (Å²) in [7, 11) is -3.88. The lowest BCUT2D eigenvalue weighted by Crippen LogP contribution is -2.50. The minimum absolute atomic E-state index is 0.0958. The number of nitrogens with one attached hydrogen (secondary N) is 2. The highest BCUT2D eigenvalue weighted by Gasteiger charge is 2.31. The lowest BCUT2D eigenvalue weighted by molar-refractivity contribution is -0.123. The van der Waals surface area contributed by atoms with Crippen molar-refractivity contribution in [3.63, 3.8) is 0 Å². The molecule has 0 saturated heterocycles. The summed E-state index contributed by atoms with van der Waals surface area (Å²) in [5.41, 5.74) is 1.46. The van der Waals surface area contributed by atoms with Crippen LogP contribution < -0.4 is 10.6 Å². The first kappa shape index (κ1) is 34.0. The number of rotatable bonds is 17. The number of benzene rings is 3. The van der Waals surface area contributed by atoms with Crippen molar-refractivity contribution in [3.8, 4) is 0 Å². The first-order chi connectivity index (χ1) is 20.6. The highest BCUT2D eigenvalue weighted by atomic mass is 32.2. The molecule has 3 atom stereocenters. The van der Waals surface area contributed by atoms with E-state index in [2.05, 4.69) is 10.6 Å². The van der Waals surface area contributed by atoms with Gasteiger partial charge >= 0.3 is 6.09 Å². The Kier molecular flexibility index (Phi) is 12.9. The Bertz CT molecular complexity index is 1440. The zero-order valence-corrected chi connectivity index (χ0v) is 25.6. The van der Waals surface area contributed by atoms with Crippen LogP contribution in [0.2, 0.25) is 0 Å². The van der Waals surface area contributed by atoms with Gasteiger partial charge in [-0.25, -0.2) is 13.2 Å². The van der Waals surface area contributed by atoms with Crippen LogP contribution in [-0.2, 0) is 27.8 Å². The van der Waals surface area contributed by atoms with Crippen molar-refractivity contribution in [2.75, 3.05) is 13.2 Å². The SMILES string of the molecule is CCCN([C@H](CO)CCC[C@H](CC)NC(=O)[C@H](Cc1cccc2ccccc12)NC(=O)O)S(=O)(=O)c1ccc(CO)cc1. The Morgan fingerprint density at radius 3 is 2.23 bits per heavy atom. The third kappa shape index (κ3) is 9.24. The molecule has 234 valence electrons. The van der Waals surface area contributed by atoms with E-state index in [1.807, 2.05) is 56.3 Å². The van der Waals surface area contributed by atoms with Crippen LogP contribution in [0.5, 0.6) is 0 Å². The lowest BCUT2D eigenvalue weighted by atomic mass is 9.97. The van der Waals surface area contributed by atoms with Crippen LogP contribution in [0.1, 0.15) is 57.1 Å². The summed E-state index contributed by atoms with van der Waals surface area (Å²) in [4.78, 5) is 24.9. The van der Waals surface area contributed by atoms with Gasteiger partial charge in [-0.2, -0.15) is 4.31 Å². The molecule has 3 aromatic carbocycles. The zero-order chi connectivity index (χ0) is 31.4. The van der Waals surface area contributed by atoms with E-state index in [1.54, 1.807) is 12.1 Å². The highest BCUT2D eigenvalue weighted by molar-refractivity contribution is 7.89. The molecule has 0 aliphatic carbocycles. The minimum Gasteiger partial charge on any atom is -0.465 e. The molecule has 0 spiro atoms. The highest BCUT2D eigenvalue weighted by Crippen LogP contribution is 2.23. The number of carbonyl (C=O) groups excluding carboxylic acids is 1. The maximum Gasteiger partial charge on any atom is 0.405 e. The third-order valence-electron chi connectivity index (χ3n) is 7.62. The van der Waals surface area contributed by atoms with Crippen LogP contribution in [-0.4, -0.2) is 71.3 Å².